The summed E-state index contributed by atoms with van der Waals surface area (Å²) in [7, 11) is 0. The minimum absolute atomic E-state index is 0.271. The van der Waals surface area contributed by atoms with E-state index in [4.69, 9.17) is 0 Å². The molecular formula is C14H17NO. The average molecular weight is 215 g/mol. The maximum atomic E-state index is 11.9. The Bertz CT molecular complexity index is 370. The summed E-state index contributed by atoms with van der Waals surface area (Å²) >= 11 is 0. The summed E-state index contributed by atoms with van der Waals surface area (Å²) in [5, 5.41) is 0. The summed E-state index contributed by atoms with van der Waals surface area (Å²) in [5.41, 5.74) is 1.21. The second-order valence-corrected chi connectivity index (χ2v) is 4.10. The molecule has 0 unspecified atom stereocenters. The van der Waals surface area contributed by atoms with Gasteiger partial charge in [-0.25, -0.2) is 0 Å². The molecule has 0 spiro atoms. The average Bonchev–Trinajstić information content (AvgIpc) is 2.30. The third-order valence-electron chi connectivity index (χ3n) is 2.83. The molecule has 0 bridgehead atoms. The lowest BCUT2D eigenvalue weighted by Crippen LogP contribution is -2.31. The summed E-state index contributed by atoms with van der Waals surface area (Å²) in [6.45, 7) is 1.58. The molecule has 0 saturated heterocycles. The number of benzene rings is 1. The molecular weight excluding hydrogens is 198 g/mol. The number of amides is 1. The highest BCUT2D eigenvalue weighted by molar-refractivity contribution is 5.76. The zero-order valence-corrected chi connectivity index (χ0v) is 9.43. The molecule has 16 heavy (non-hydrogen) atoms. The number of rotatable bonds is 2. The van der Waals surface area contributed by atoms with Crippen molar-refractivity contribution in [2.75, 3.05) is 6.54 Å². The van der Waals surface area contributed by atoms with Crippen LogP contribution in [0.15, 0.2) is 42.5 Å². The van der Waals surface area contributed by atoms with Gasteiger partial charge in [-0.3, -0.25) is 4.79 Å². The standard InChI is InChI=1S/C14H17NO/c16-14-10-6-1-2-7-11-15(14)12-13-8-4-3-5-9-13/h1-5,8-9H,6-7,10-12H2/b2-1-. The second-order valence-electron chi connectivity index (χ2n) is 4.10. The van der Waals surface area contributed by atoms with E-state index in [1.807, 2.05) is 23.1 Å². The highest BCUT2D eigenvalue weighted by Crippen LogP contribution is 2.10. The van der Waals surface area contributed by atoms with E-state index in [1.165, 1.54) is 5.56 Å². The highest BCUT2D eigenvalue weighted by Gasteiger charge is 2.13. The predicted molar refractivity (Wildman–Crippen MR) is 64.9 cm³/mol. The smallest absolute Gasteiger partial charge is 0.223 e. The molecule has 0 atom stereocenters. The van der Waals surface area contributed by atoms with Crippen molar-refractivity contribution in [3.05, 3.63) is 48.0 Å². The Kier molecular flexibility index (Phi) is 3.76. The Morgan fingerprint density at radius 1 is 1.06 bits per heavy atom. The molecule has 1 aromatic carbocycles. The molecule has 0 saturated carbocycles. The third-order valence-corrected chi connectivity index (χ3v) is 2.83. The van der Waals surface area contributed by atoms with E-state index in [0.29, 0.717) is 6.42 Å². The molecule has 1 aromatic rings. The van der Waals surface area contributed by atoms with Gasteiger partial charge in [0.25, 0.3) is 0 Å². The molecule has 0 N–H and O–H groups in total. The summed E-state index contributed by atoms with van der Waals surface area (Å²) < 4.78 is 0. The van der Waals surface area contributed by atoms with Gasteiger partial charge in [0.1, 0.15) is 0 Å². The van der Waals surface area contributed by atoms with Crippen molar-refractivity contribution in [2.45, 2.75) is 25.8 Å². The van der Waals surface area contributed by atoms with Crippen LogP contribution in [0.1, 0.15) is 24.8 Å². The van der Waals surface area contributed by atoms with Crippen LogP contribution in [0.5, 0.6) is 0 Å². The van der Waals surface area contributed by atoms with Crippen LogP contribution in [0.25, 0.3) is 0 Å². The molecule has 0 aliphatic carbocycles. The lowest BCUT2D eigenvalue weighted by atomic mass is 10.1. The van der Waals surface area contributed by atoms with Gasteiger partial charge in [0.15, 0.2) is 0 Å². The summed E-state index contributed by atoms with van der Waals surface area (Å²) in [6.07, 6.45) is 6.77. The number of hydrogen-bond acceptors (Lipinski definition) is 1. The molecule has 0 fully saturated rings. The Labute approximate surface area is 96.6 Å². The summed E-state index contributed by atoms with van der Waals surface area (Å²) in [5.74, 6) is 0.271. The summed E-state index contributed by atoms with van der Waals surface area (Å²) in [6, 6.07) is 10.2. The predicted octanol–water partition coefficient (Wildman–Crippen LogP) is 2.76. The molecule has 2 rings (SSSR count). The molecule has 2 nitrogen and oxygen atoms in total. The fourth-order valence-corrected chi connectivity index (χ4v) is 1.93. The fourth-order valence-electron chi connectivity index (χ4n) is 1.93. The van der Waals surface area contributed by atoms with Gasteiger partial charge in [-0.2, -0.15) is 0 Å². The van der Waals surface area contributed by atoms with Crippen LogP contribution in [0.3, 0.4) is 0 Å². The van der Waals surface area contributed by atoms with Crippen LogP contribution < -0.4 is 0 Å². The van der Waals surface area contributed by atoms with Crippen LogP contribution in [-0.4, -0.2) is 17.4 Å². The van der Waals surface area contributed by atoms with Crippen molar-refractivity contribution >= 4 is 5.91 Å². The van der Waals surface area contributed by atoms with Crippen molar-refractivity contribution < 1.29 is 4.79 Å². The van der Waals surface area contributed by atoms with Crippen molar-refractivity contribution in [1.29, 1.82) is 0 Å². The van der Waals surface area contributed by atoms with E-state index in [1.54, 1.807) is 0 Å². The van der Waals surface area contributed by atoms with Crippen molar-refractivity contribution in [2.24, 2.45) is 0 Å². The third kappa shape index (κ3) is 2.96. The minimum atomic E-state index is 0.271. The van der Waals surface area contributed by atoms with E-state index in [2.05, 4.69) is 24.3 Å². The second kappa shape index (κ2) is 5.50. The minimum Gasteiger partial charge on any atom is -0.338 e. The lowest BCUT2D eigenvalue weighted by molar-refractivity contribution is -0.131. The first kappa shape index (κ1) is 10.9. The number of carbonyl (C=O) groups is 1. The highest BCUT2D eigenvalue weighted by atomic mass is 16.2. The molecule has 1 aliphatic heterocycles. The first-order valence-corrected chi connectivity index (χ1v) is 5.83. The SMILES string of the molecule is O=C1CC/C=C\CCN1Cc1ccccc1. The Balaban J connectivity index is 2.02. The van der Waals surface area contributed by atoms with Crippen LogP contribution in [-0.2, 0) is 11.3 Å². The Hall–Kier alpha value is -1.57. The first-order valence-electron chi connectivity index (χ1n) is 5.83. The number of nitrogens with zero attached hydrogens (tertiary/aromatic N) is 1. The van der Waals surface area contributed by atoms with Crippen molar-refractivity contribution in [1.82, 2.24) is 4.90 Å². The van der Waals surface area contributed by atoms with E-state index >= 15 is 0 Å². The number of allylic oxidation sites excluding steroid dienone is 1. The lowest BCUT2D eigenvalue weighted by Gasteiger charge is -2.23. The van der Waals surface area contributed by atoms with E-state index in [-0.39, 0.29) is 5.91 Å². The molecule has 1 aliphatic rings. The summed E-state index contributed by atoms with van der Waals surface area (Å²) in [4.78, 5) is 13.8. The number of hydrogen-bond donors (Lipinski definition) is 0. The molecule has 2 heteroatoms. The molecule has 0 aromatic heterocycles. The van der Waals surface area contributed by atoms with Gasteiger partial charge in [-0.05, 0) is 18.4 Å². The van der Waals surface area contributed by atoms with Gasteiger partial charge >= 0.3 is 0 Å². The van der Waals surface area contributed by atoms with Gasteiger partial charge in [0.05, 0.1) is 0 Å². The van der Waals surface area contributed by atoms with Crippen LogP contribution >= 0.6 is 0 Å². The zero-order valence-electron chi connectivity index (χ0n) is 9.43. The zero-order chi connectivity index (χ0) is 11.2. The first-order chi connectivity index (χ1) is 7.86. The van der Waals surface area contributed by atoms with E-state index in [9.17, 15) is 4.79 Å². The fraction of sp³-hybridized carbons (Fsp3) is 0.357. The van der Waals surface area contributed by atoms with Crippen LogP contribution in [0.2, 0.25) is 0 Å². The van der Waals surface area contributed by atoms with Gasteiger partial charge in [0.2, 0.25) is 5.91 Å². The van der Waals surface area contributed by atoms with Gasteiger partial charge in [-0.15, -0.1) is 0 Å². The maximum Gasteiger partial charge on any atom is 0.223 e. The topological polar surface area (TPSA) is 20.3 Å². The van der Waals surface area contributed by atoms with Gasteiger partial charge in [0, 0.05) is 19.5 Å². The van der Waals surface area contributed by atoms with Crippen molar-refractivity contribution in [3.63, 3.8) is 0 Å². The number of carbonyl (C=O) groups excluding carboxylic acids is 1. The largest absolute Gasteiger partial charge is 0.338 e. The van der Waals surface area contributed by atoms with Crippen LogP contribution in [0, 0.1) is 0 Å². The van der Waals surface area contributed by atoms with Gasteiger partial charge in [-0.1, -0.05) is 42.5 Å². The van der Waals surface area contributed by atoms with Gasteiger partial charge < -0.3 is 4.90 Å². The Morgan fingerprint density at radius 3 is 2.62 bits per heavy atom. The molecule has 1 heterocycles. The van der Waals surface area contributed by atoms with Crippen LogP contribution in [0.4, 0.5) is 0 Å². The Morgan fingerprint density at radius 2 is 1.81 bits per heavy atom. The molecule has 1 amide bonds. The molecule has 84 valence electrons. The molecule has 0 radical (unpaired) electrons. The maximum absolute atomic E-state index is 11.9. The normalized spacial score (nSPS) is 19.0. The van der Waals surface area contributed by atoms with E-state index in [0.717, 1.165) is 25.9 Å². The monoisotopic (exact) mass is 215 g/mol. The quantitative estimate of drug-likeness (QED) is 0.695. The van der Waals surface area contributed by atoms with Crippen molar-refractivity contribution in [3.8, 4) is 0 Å². The van der Waals surface area contributed by atoms with E-state index < -0.39 is 0 Å².